The quantitative estimate of drug-likeness (QED) is 0.136. The van der Waals surface area contributed by atoms with Crippen LogP contribution < -0.4 is 4.74 Å². The predicted molar refractivity (Wildman–Crippen MR) is 179 cm³/mol. The minimum absolute atomic E-state index is 0.00922. The van der Waals surface area contributed by atoms with E-state index in [2.05, 4.69) is 53.1 Å². The predicted octanol–water partition coefficient (Wildman–Crippen LogP) is 8.73. The van der Waals surface area contributed by atoms with Crippen LogP contribution in [0.3, 0.4) is 0 Å². The fourth-order valence-corrected chi connectivity index (χ4v) is 6.27. The monoisotopic (exact) mass is 650 g/mol. The molecule has 1 heterocycles. The molecule has 1 unspecified atom stereocenters. The fraction of sp³-hybridized carbons (Fsp3) is 0.368. The second kappa shape index (κ2) is 16.5. The Morgan fingerprint density at radius 2 is 1.52 bits per heavy atom. The molecule has 1 atom stereocenters. The van der Waals surface area contributed by atoms with E-state index in [9.17, 15) is 13.2 Å². The average molecular weight is 651 g/mol. The first-order valence-corrected chi connectivity index (χ1v) is 16.4. The second-order valence-corrected chi connectivity index (χ2v) is 12.3. The Hall–Kier alpha value is -3.36. The summed E-state index contributed by atoms with van der Waals surface area (Å²) in [7, 11) is 0. The summed E-state index contributed by atoms with van der Waals surface area (Å²) in [6.07, 6.45) is -2.89. The SMILES string of the molecule is CC(CCOc1cccc(CCN2CCOCC2)c1)N(Cc1cccc(C(F)(F)F)c1Cl)CC(c1ccccc1)c1ccccc1. The maximum absolute atomic E-state index is 13.8. The smallest absolute Gasteiger partial charge is 0.417 e. The van der Waals surface area contributed by atoms with Crippen molar-refractivity contribution in [2.24, 2.45) is 0 Å². The minimum Gasteiger partial charge on any atom is -0.494 e. The first-order valence-electron chi connectivity index (χ1n) is 16.0. The zero-order valence-corrected chi connectivity index (χ0v) is 27.0. The third-order valence-corrected chi connectivity index (χ3v) is 9.17. The van der Waals surface area contributed by atoms with Gasteiger partial charge in [0.05, 0.1) is 30.4 Å². The van der Waals surface area contributed by atoms with Gasteiger partial charge < -0.3 is 9.47 Å². The van der Waals surface area contributed by atoms with Gasteiger partial charge in [0, 0.05) is 44.7 Å². The maximum Gasteiger partial charge on any atom is 0.417 e. The molecule has 4 aromatic rings. The summed E-state index contributed by atoms with van der Waals surface area (Å²) in [4.78, 5) is 4.65. The van der Waals surface area contributed by atoms with Gasteiger partial charge in [-0.15, -0.1) is 0 Å². The Kier molecular flexibility index (Phi) is 12.2. The lowest BCUT2D eigenvalue weighted by atomic mass is 9.90. The van der Waals surface area contributed by atoms with Crippen LogP contribution in [0.2, 0.25) is 5.02 Å². The van der Waals surface area contributed by atoms with E-state index >= 15 is 0 Å². The largest absolute Gasteiger partial charge is 0.494 e. The number of nitrogens with zero attached hydrogens (tertiary/aromatic N) is 2. The number of hydrogen-bond donors (Lipinski definition) is 0. The summed E-state index contributed by atoms with van der Waals surface area (Å²) in [5.74, 6) is 0.837. The van der Waals surface area contributed by atoms with Crippen molar-refractivity contribution in [3.8, 4) is 5.75 Å². The molecule has 0 saturated carbocycles. The third kappa shape index (κ3) is 9.58. The van der Waals surface area contributed by atoms with Crippen molar-refractivity contribution in [3.63, 3.8) is 0 Å². The molecule has 0 aromatic heterocycles. The standard InChI is InChI=1S/C38H42ClF3N2O2/c1-29(19-23-46-34-16-8-10-30(26-34)18-20-43-21-24-45-25-22-43)44(27-33-15-9-17-36(37(33)39)38(40,41)42)28-35(31-11-4-2-5-12-31)32-13-6-3-7-14-32/h2-17,26,29,35H,18-25,27-28H2,1H3. The van der Waals surface area contributed by atoms with Crippen molar-refractivity contribution in [2.45, 2.75) is 44.4 Å². The van der Waals surface area contributed by atoms with Gasteiger partial charge in [-0.25, -0.2) is 0 Å². The lowest BCUT2D eigenvalue weighted by Crippen LogP contribution is -2.37. The summed E-state index contributed by atoms with van der Waals surface area (Å²) < 4.78 is 53.0. The van der Waals surface area contributed by atoms with E-state index in [1.807, 2.05) is 48.5 Å². The van der Waals surface area contributed by atoms with Crippen LogP contribution in [0.1, 0.15) is 47.1 Å². The Balaban J connectivity index is 1.31. The highest BCUT2D eigenvalue weighted by Crippen LogP contribution is 2.37. The van der Waals surface area contributed by atoms with Crippen LogP contribution in [-0.2, 0) is 23.9 Å². The molecule has 1 saturated heterocycles. The molecule has 5 rings (SSSR count). The van der Waals surface area contributed by atoms with Crippen LogP contribution in [0.4, 0.5) is 13.2 Å². The number of benzene rings is 4. The van der Waals surface area contributed by atoms with E-state index in [0.29, 0.717) is 25.1 Å². The summed E-state index contributed by atoms with van der Waals surface area (Å²) in [6.45, 7) is 7.94. The fourth-order valence-electron chi connectivity index (χ4n) is 5.98. The Morgan fingerprint density at radius 1 is 0.870 bits per heavy atom. The zero-order valence-electron chi connectivity index (χ0n) is 26.3. The summed E-state index contributed by atoms with van der Waals surface area (Å²) in [5.41, 5.74) is 3.17. The number of morpholine rings is 1. The number of alkyl halides is 3. The molecule has 0 aliphatic carbocycles. The molecule has 1 fully saturated rings. The molecule has 244 valence electrons. The molecule has 0 bridgehead atoms. The summed E-state index contributed by atoms with van der Waals surface area (Å²) in [6, 6.07) is 32.9. The van der Waals surface area contributed by atoms with Gasteiger partial charge in [-0.1, -0.05) is 96.5 Å². The van der Waals surface area contributed by atoms with Crippen LogP contribution in [-0.4, -0.2) is 61.8 Å². The number of halogens is 4. The highest BCUT2D eigenvalue weighted by atomic mass is 35.5. The lowest BCUT2D eigenvalue weighted by Gasteiger charge is -2.34. The van der Waals surface area contributed by atoms with Crippen molar-refractivity contribution in [1.82, 2.24) is 9.80 Å². The van der Waals surface area contributed by atoms with Gasteiger partial charge >= 0.3 is 6.18 Å². The third-order valence-electron chi connectivity index (χ3n) is 8.73. The highest BCUT2D eigenvalue weighted by Gasteiger charge is 2.34. The van der Waals surface area contributed by atoms with Crippen molar-refractivity contribution < 1.29 is 22.6 Å². The van der Waals surface area contributed by atoms with E-state index < -0.39 is 11.7 Å². The normalized spacial score (nSPS) is 14.9. The minimum atomic E-state index is -4.52. The molecule has 4 nitrogen and oxygen atoms in total. The number of rotatable bonds is 14. The molecule has 8 heteroatoms. The van der Waals surface area contributed by atoms with E-state index in [1.165, 1.54) is 11.6 Å². The van der Waals surface area contributed by atoms with Gasteiger partial charge in [-0.05, 0) is 60.2 Å². The van der Waals surface area contributed by atoms with Crippen LogP contribution in [0, 0.1) is 0 Å². The second-order valence-electron chi connectivity index (χ2n) is 11.9. The summed E-state index contributed by atoms with van der Waals surface area (Å²) in [5, 5.41) is -0.242. The Morgan fingerprint density at radius 3 is 2.17 bits per heavy atom. The molecule has 0 amide bonds. The van der Waals surface area contributed by atoms with Crippen LogP contribution in [0.15, 0.2) is 103 Å². The molecule has 46 heavy (non-hydrogen) atoms. The molecule has 1 aliphatic rings. The first-order chi connectivity index (χ1) is 22.3. The average Bonchev–Trinajstić information content (AvgIpc) is 3.07. The first kappa shape index (κ1) is 34.0. The van der Waals surface area contributed by atoms with E-state index in [1.54, 1.807) is 6.07 Å². The van der Waals surface area contributed by atoms with Crippen LogP contribution in [0.25, 0.3) is 0 Å². The Bertz CT molecular complexity index is 1460. The van der Waals surface area contributed by atoms with Crippen LogP contribution in [0.5, 0.6) is 5.75 Å². The molecule has 0 radical (unpaired) electrons. The van der Waals surface area contributed by atoms with Gasteiger partial charge in [-0.2, -0.15) is 13.2 Å². The van der Waals surface area contributed by atoms with Crippen molar-refractivity contribution in [1.29, 1.82) is 0 Å². The molecule has 0 N–H and O–H groups in total. The van der Waals surface area contributed by atoms with E-state index in [0.717, 1.165) is 62.2 Å². The van der Waals surface area contributed by atoms with Crippen molar-refractivity contribution >= 4 is 11.6 Å². The van der Waals surface area contributed by atoms with E-state index in [4.69, 9.17) is 21.1 Å². The van der Waals surface area contributed by atoms with Gasteiger partial charge in [0.1, 0.15) is 5.75 Å². The molecular weight excluding hydrogens is 609 g/mol. The molecule has 4 aromatic carbocycles. The van der Waals surface area contributed by atoms with Gasteiger partial charge in [0.25, 0.3) is 0 Å². The summed E-state index contributed by atoms with van der Waals surface area (Å²) >= 11 is 6.41. The maximum atomic E-state index is 13.8. The number of hydrogen-bond acceptors (Lipinski definition) is 4. The molecular formula is C38H42ClF3N2O2. The van der Waals surface area contributed by atoms with Crippen molar-refractivity contribution in [2.75, 3.05) is 46.0 Å². The topological polar surface area (TPSA) is 24.9 Å². The molecule has 1 aliphatic heterocycles. The van der Waals surface area contributed by atoms with Gasteiger partial charge in [0.2, 0.25) is 0 Å². The van der Waals surface area contributed by atoms with E-state index in [-0.39, 0.29) is 23.5 Å². The number of ether oxygens (including phenoxy) is 2. The van der Waals surface area contributed by atoms with Gasteiger partial charge in [0.15, 0.2) is 0 Å². The van der Waals surface area contributed by atoms with Crippen LogP contribution >= 0.6 is 11.6 Å². The van der Waals surface area contributed by atoms with Crippen molar-refractivity contribution in [3.05, 3.63) is 136 Å². The van der Waals surface area contributed by atoms with Gasteiger partial charge in [-0.3, -0.25) is 9.80 Å². The Labute approximate surface area is 275 Å². The zero-order chi connectivity index (χ0) is 32.4. The highest BCUT2D eigenvalue weighted by molar-refractivity contribution is 6.32. The lowest BCUT2D eigenvalue weighted by molar-refractivity contribution is -0.137. The molecule has 0 spiro atoms.